The fraction of sp³-hybridized carbons (Fsp3) is 0.556. The van der Waals surface area contributed by atoms with Gasteiger partial charge in [-0.2, -0.15) is 0 Å². The first kappa shape index (κ1) is 21.3. The lowest BCUT2D eigenvalue weighted by molar-refractivity contribution is -0.137. The second-order valence-corrected chi connectivity index (χ2v) is 6.17. The number of carboxylic acids is 1. The van der Waals surface area contributed by atoms with Crippen molar-refractivity contribution in [2.24, 2.45) is 0 Å². The number of benzene rings is 1. The van der Waals surface area contributed by atoms with Crippen molar-refractivity contribution in [1.82, 2.24) is 9.80 Å². The number of carboxylic acid groups (broad SMARTS) is 1. The molecule has 1 aliphatic heterocycles. The lowest BCUT2D eigenvalue weighted by Crippen LogP contribution is -2.48. The monoisotopic (exact) mass is 370 g/mol. The highest BCUT2D eigenvalue weighted by Crippen LogP contribution is 2.20. The van der Waals surface area contributed by atoms with Gasteiger partial charge >= 0.3 is 5.97 Å². The molecule has 1 saturated heterocycles. The van der Waals surface area contributed by atoms with Crippen molar-refractivity contribution < 1.29 is 19.4 Å². The minimum Gasteiger partial charge on any atom is -0.496 e. The normalized spacial score (nSPS) is 14.7. The molecule has 6 nitrogen and oxygen atoms in total. The highest BCUT2D eigenvalue weighted by Gasteiger charge is 2.22. The van der Waals surface area contributed by atoms with Crippen LogP contribution in [0.1, 0.15) is 35.2 Å². The molecule has 0 radical (unpaired) electrons. The molecule has 0 spiro atoms. The maximum Gasteiger partial charge on any atom is 0.303 e. The molecule has 0 bridgehead atoms. The zero-order valence-corrected chi connectivity index (χ0v) is 15.7. The lowest BCUT2D eigenvalue weighted by atomic mass is 10.1. The van der Waals surface area contributed by atoms with Crippen LogP contribution in [0.25, 0.3) is 0 Å². The summed E-state index contributed by atoms with van der Waals surface area (Å²) < 4.78 is 5.29. The second kappa shape index (κ2) is 10.3. The van der Waals surface area contributed by atoms with Crippen LogP contribution in [0.4, 0.5) is 0 Å². The number of ether oxygens (including phenoxy) is 1. The summed E-state index contributed by atoms with van der Waals surface area (Å²) >= 11 is 0. The average Bonchev–Trinajstić information content (AvgIpc) is 2.59. The van der Waals surface area contributed by atoms with Gasteiger partial charge in [-0.1, -0.05) is 6.07 Å². The van der Waals surface area contributed by atoms with Gasteiger partial charge in [0.05, 0.1) is 7.11 Å². The summed E-state index contributed by atoms with van der Waals surface area (Å²) in [5.74, 6) is 0.0377. The number of halogens is 1. The van der Waals surface area contributed by atoms with Gasteiger partial charge in [0.15, 0.2) is 0 Å². The first-order valence-corrected chi connectivity index (χ1v) is 8.39. The van der Waals surface area contributed by atoms with Crippen LogP contribution in [0.2, 0.25) is 0 Å². The molecule has 7 heteroatoms. The van der Waals surface area contributed by atoms with E-state index in [0.717, 1.165) is 37.4 Å². The molecule has 1 heterocycles. The highest BCUT2D eigenvalue weighted by atomic mass is 35.5. The van der Waals surface area contributed by atoms with E-state index >= 15 is 0 Å². The number of carbonyl (C=O) groups is 2. The number of nitrogens with zero attached hydrogens (tertiary/aromatic N) is 2. The second-order valence-electron chi connectivity index (χ2n) is 6.17. The number of hydrogen-bond donors (Lipinski definition) is 1. The first-order chi connectivity index (χ1) is 11.5. The molecule has 0 aliphatic carbocycles. The van der Waals surface area contributed by atoms with Crippen molar-refractivity contribution in [2.75, 3.05) is 39.8 Å². The molecule has 1 aliphatic rings. The third-order valence-electron chi connectivity index (χ3n) is 4.43. The quantitative estimate of drug-likeness (QED) is 0.746. The molecule has 2 rings (SSSR count). The minimum atomic E-state index is -0.737. The van der Waals surface area contributed by atoms with Crippen molar-refractivity contribution in [1.29, 1.82) is 0 Å². The van der Waals surface area contributed by atoms with Crippen LogP contribution >= 0.6 is 12.4 Å². The van der Waals surface area contributed by atoms with E-state index in [1.54, 1.807) is 13.2 Å². The van der Waals surface area contributed by atoms with E-state index < -0.39 is 5.97 Å². The molecule has 1 fully saturated rings. The smallest absolute Gasteiger partial charge is 0.303 e. The van der Waals surface area contributed by atoms with Crippen LogP contribution in [0.3, 0.4) is 0 Å². The number of carbonyl (C=O) groups excluding carboxylic acids is 1. The minimum absolute atomic E-state index is 0. The molecule has 0 atom stereocenters. The molecule has 25 heavy (non-hydrogen) atoms. The van der Waals surface area contributed by atoms with Crippen LogP contribution in [-0.2, 0) is 4.79 Å². The summed E-state index contributed by atoms with van der Waals surface area (Å²) in [6.45, 7) is 5.93. The number of unbranched alkanes of at least 4 members (excludes halogenated alkanes) is 1. The predicted octanol–water partition coefficient (Wildman–Crippen LogP) is 2.44. The SMILES string of the molecule is COc1cc(C(=O)N2CCN(CCCCC(=O)O)CC2)ccc1C.Cl. The van der Waals surface area contributed by atoms with Gasteiger partial charge in [-0.25, -0.2) is 0 Å². The first-order valence-electron chi connectivity index (χ1n) is 8.39. The zero-order valence-electron chi connectivity index (χ0n) is 14.9. The Morgan fingerprint density at radius 3 is 2.44 bits per heavy atom. The van der Waals surface area contributed by atoms with E-state index in [-0.39, 0.29) is 24.7 Å². The highest BCUT2D eigenvalue weighted by molar-refractivity contribution is 5.94. The number of hydrogen-bond acceptors (Lipinski definition) is 4. The summed E-state index contributed by atoms with van der Waals surface area (Å²) in [6, 6.07) is 5.55. The van der Waals surface area contributed by atoms with E-state index in [9.17, 15) is 9.59 Å². The van der Waals surface area contributed by atoms with E-state index in [1.807, 2.05) is 24.0 Å². The van der Waals surface area contributed by atoms with Gasteiger partial charge in [-0.15, -0.1) is 12.4 Å². The van der Waals surface area contributed by atoms with Gasteiger partial charge in [0.1, 0.15) is 5.75 Å². The summed E-state index contributed by atoms with van der Waals surface area (Å²) in [4.78, 5) is 27.3. The topological polar surface area (TPSA) is 70.1 Å². The molecule has 1 amide bonds. The zero-order chi connectivity index (χ0) is 17.5. The third-order valence-corrected chi connectivity index (χ3v) is 4.43. The molecular weight excluding hydrogens is 344 g/mol. The maximum absolute atomic E-state index is 12.6. The Hall–Kier alpha value is -1.79. The van der Waals surface area contributed by atoms with Crippen LogP contribution in [-0.4, -0.2) is 66.6 Å². The Bertz CT molecular complexity index is 586. The van der Waals surface area contributed by atoms with Gasteiger partial charge in [-0.3, -0.25) is 14.5 Å². The number of amides is 1. The molecule has 1 aromatic rings. The van der Waals surface area contributed by atoms with Gasteiger partial charge < -0.3 is 14.7 Å². The molecule has 140 valence electrons. The number of piperazine rings is 1. The summed E-state index contributed by atoms with van der Waals surface area (Å²) in [5.41, 5.74) is 1.67. The Kier molecular flexibility index (Phi) is 8.72. The average molecular weight is 371 g/mol. The van der Waals surface area contributed by atoms with Gasteiger partial charge in [0, 0.05) is 38.2 Å². The Balaban J connectivity index is 0.00000312. The number of methoxy groups -OCH3 is 1. The standard InChI is InChI=1S/C18H26N2O4.ClH/c1-14-6-7-15(13-16(14)24-2)18(23)20-11-9-19(10-12-20)8-4-3-5-17(21)22;/h6-7,13H,3-5,8-12H2,1-2H3,(H,21,22);1H. The fourth-order valence-electron chi connectivity index (χ4n) is 2.92. The van der Waals surface area contributed by atoms with Gasteiger partial charge in [-0.05, 0) is 44.0 Å². The molecule has 0 saturated carbocycles. The van der Waals surface area contributed by atoms with E-state index in [1.165, 1.54) is 0 Å². The van der Waals surface area contributed by atoms with E-state index in [2.05, 4.69) is 4.90 Å². The van der Waals surface area contributed by atoms with Crippen LogP contribution in [0, 0.1) is 6.92 Å². The van der Waals surface area contributed by atoms with Crippen LogP contribution < -0.4 is 4.74 Å². The molecule has 1 aromatic carbocycles. The molecule has 0 unspecified atom stereocenters. The Morgan fingerprint density at radius 1 is 1.16 bits per heavy atom. The summed E-state index contributed by atoms with van der Waals surface area (Å²) in [6.07, 6.45) is 1.82. The van der Waals surface area contributed by atoms with Crippen molar-refractivity contribution >= 4 is 24.3 Å². The van der Waals surface area contributed by atoms with Crippen molar-refractivity contribution in [3.63, 3.8) is 0 Å². The molecular formula is C18H27ClN2O4. The Morgan fingerprint density at radius 2 is 1.84 bits per heavy atom. The predicted molar refractivity (Wildman–Crippen MR) is 98.8 cm³/mol. The van der Waals surface area contributed by atoms with Crippen molar-refractivity contribution in [3.05, 3.63) is 29.3 Å². The number of rotatable bonds is 7. The fourth-order valence-corrected chi connectivity index (χ4v) is 2.92. The Labute approximate surface area is 155 Å². The largest absolute Gasteiger partial charge is 0.496 e. The van der Waals surface area contributed by atoms with Crippen molar-refractivity contribution in [2.45, 2.75) is 26.2 Å². The van der Waals surface area contributed by atoms with Gasteiger partial charge in [0.25, 0.3) is 5.91 Å². The van der Waals surface area contributed by atoms with Crippen LogP contribution in [0.15, 0.2) is 18.2 Å². The summed E-state index contributed by atoms with van der Waals surface area (Å²) in [5, 5.41) is 8.64. The number of aryl methyl sites for hydroxylation is 1. The van der Waals surface area contributed by atoms with E-state index in [4.69, 9.17) is 9.84 Å². The molecule has 0 aromatic heterocycles. The molecule has 1 N–H and O–H groups in total. The lowest BCUT2D eigenvalue weighted by Gasteiger charge is -2.34. The van der Waals surface area contributed by atoms with E-state index in [0.29, 0.717) is 25.1 Å². The van der Waals surface area contributed by atoms with Crippen molar-refractivity contribution in [3.8, 4) is 5.75 Å². The maximum atomic E-state index is 12.6. The summed E-state index contributed by atoms with van der Waals surface area (Å²) in [7, 11) is 1.61. The van der Waals surface area contributed by atoms with Gasteiger partial charge in [0.2, 0.25) is 0 Å². The third kappa shape index (κ3) is 6.21. The number of aliphatic carboxylic acids is 1. The van der Waals surface area contributed by atoms with Crippen LogP contribution in [0.5, 0.6) is 5.75 Å².